The Morgan fingerprint density at radius 1 is 1.35 bits per heavy atom. The molecule has 0 bridgehead atoms. The zero-order valence-electron chi connectivity index (χ0n) is 11.4. The summed E-state index contributed by atoms with van der Waals surface area (Å²) in [6, 6.07) is 0.0459. The van der Waals surface area contributed by atoms with E-state index >= 15 is 0 Å². The summed E-state index contributed by atoms with van der Waals surface area (Å²) in [4.78, 5) is 25.0. The van der Waals surface area contributed by atoms with Crippen LogP contribution in [0.25, 0.3) is 0 Å². The second kappa shape index (κ2) is 4.57. The molecule has 2 heterocycles. The Labute approximate surface area is 116 Å². The third kappa shape index (κ3) is 2.07. The second-order valence-electron chi connectivity index (χ2n) is 6.02. The molecule has 0 radical (unpaired) electrons. The molecule has 1 amide bonds. The molecular formula is C13H18N4O3. The predicted octanol–water partition coefficient (Wildman–Crippen LogP) is 0.940. The van der Waals surface area contributed by atoms with E-state index in [1.54, 1.807) is 4.68 Å². The van der Waals surface area contributed by atoms with Gasteiger partial charge in [0.15, 0.2) is 5.69 Å². The van der Waals surface area contributed by atoms with Crippen LogP contribution in [0.3, 0.4) is 0 Å². The Kier molecular flexibility index (Phi) is 2.99. The number of carboxylic acids is 1. The average Bonchev–Trinajstić information content (AvgIpc) is 2.97. The van der Waals surface area contributed by atoms with Gasteiger partial charge in [0.2, 0.25) is 5.91 Å². The summed E-state index contributed by atoms with van der Waals surface area (Å²) in [5.74, 6) is -0.855. The molecule has 2 fully saturated rings. The van der Waals surface area contributed by atoms with Gasteiger partial charge >= 0.3 is 5.97 Å². The number of hydrogen-bond donors (Lipinski definition) is 1. The van der Waals surface area contributed by atoms with Crippen molar-refractivity contribution in [3.8, 4) is 0 Å². The van der Waals surface area contributed by atoms with Gasteiger partial charge in [0.1, 0.15) is 0 Å². The molecule has 1 aliphatic heterocycles. The highest BCUT2D eigenvalue weighted by Gasteiger charge is 2.43. The van der Waals surface area contributed by atoms with Gasteiger partial charge in [0.25, 0.3) is 0 Å². The van der Waals surface area contributed by atoms with Crippen molar-refractivity contribution in [2.45, 2.75) is 38.6 Å². The molecular weight excluding hydrogens is 260 g/mol. The number of carbonyl (C=O) groups excluding carboxylic acids is 1. The lowest BCUT2D eigenvalue weighted by Crippen LogP contribution is -2.54. The fraction of sp³-hybridized carbons (Fsp3) is 0.692. The summed E-state index contributed by atoms with van der Waals surface area (Å²) in [5.41, 5.74) is -0.253. The van der Waals surface area contributed by atoms with E-state index in [-0.39, 0.29) is 23.1 Å². The molecule has 0 unspecified atom stereocenters. The van der Waals surface area contributed by atoms with E-state index in [2.05, 4.69) is 10.3 Å². The van der Waals surface area contributed by atoms with E-state index < -0.39 is 5.97 Å². The largest absolute Gasteiger partial charge is 0.476 e. The normalized spacial score (nSPS) is 21.8. The lowest BCUT2D eigenvalue weighted by atomic mass is 9.85. The maximum absolute atomic E-state index is 12.4. The van der Waals surface area contributed by atoms with Crippen molar-refractivity contribution >= 4 is 11.9 Å². The van der Waals surface area contributed by atoms with Crippen LogP contribution in [-0.2, 0) is 4.79 Å². The highest BCUT2D eigenvalue weighted by Crippen LogP contribution is 2.40. The van der Waals surface area contributed by atoms with Crippen molar-refractivity contribution in [1.29, 1.82) is 0 Å². The molecule has 0 atom stereocenters. The first-order valence-electron chi connectivity index (χ1n) is 6.94. The lowest BCUT2D eigenvalue weighted by molar-refractivity contribution is -0.147. The van der Waals surface area contributed by atoms with Gasteiger partial charge in [0.05, 0.1) is 12.2 Å². The summed E-state index contributed by atoms with van der Waals surface area (Å²) >= 11 is 0. The predicted molar refractivity (Wildman–Crippen MR) is 69.2 cm³/mol. The Bertz CT molecular complexity index is 542. The third-order valence-corrected chi connectivity index (χ3v) is 4.48. The Hall–Kier alpha value is -1.92. The fourth-order valence-corrected chi connectivity index (χ4v) is 3.09. The molecule has 1 saturated carbocycles. The molecule has 2 aliphatic rings. The van der Waals surface area contributed by atoms with Gasteiger partial charge in [-0.3, -0.25) is 4.79 Å². The van der Waals surface area contributed by atoms with Crippen molar-refractivity contribution in [2.24, 2.45) is 5.41 Å². The number of rotatable bonds is 3. The topological polar surface area (TPSA) is 88.3 Å². The first-order valence-corrected chi connectivity index (χ1v) is 6.94. The summed E-state index contributed by atoms with van der Waals surface area (Å²) in [5, 5.41) is 16.2. The quantitative estimate of drug-likeness (QED) is 0.889. The van der Waals surface area contributed by atoms with Crippen LogP contribution < -0.4 is 0 Å². The molecule has 1 saturated heterocycles. The van der Waals surface area contributed by atoms with Crippen LogP contribution in [0, 0.1) is 5.41 Å². The number of likely N-dealkylation sites (tertiary alicyclic amines) is 1. The standard InChI is InChI=1S/C13H18N4O3/c1-13(4-2-3-5-13)12(20)16-6-9(7-16)17-8-10(11(18)19)14-15-17/h8-9H,2-7H2,1H3,(H,18,19). The summed E-state index contributed by atoms with van der Waals surface area (Å²) in [6.07, 6.45) is 5.63. The second-order valence-corrected chi connectivity index (χ2v) is 6.02. The molecule has 3 rings (SSSR count). The first kappa shape index (κ1) is 13.1. The maximum atomic E-state index is 12.4. The zero-order chi connectivity index (χ0) is 14.3. The van der Waals surface area contributed by atoms with Crippen LogP contribution in [0.4, 0.5) is 0 Å². The SMILES string of the molecule is CC1(C(=O)N2CC(n3cc(C(=O)O)nn3)C2)CCCC1. The minimum absolute atomic E-state index is 0.0459. The molecule has 108 valence electrons. The van der Waals surface area contributed by atoms with Gasteiger partial charge in [0, 0.05) is 18.5 Å². The molecule has 7 nitrogen and oxygen atoms in total. The first-order chi connectivity index (χ1) is 9.49. The van der Waals surface area contributed by atoms with E-state index in [4.69, 9.17) is 5.11 Å². The number of aromatic carboxylic acids is 1. The highest BCUT2D eigenvalue weighted by molar-refractivity contribution is 5.85. The van der Waals surface area contributed by atoms with Crippen LogP contribution >= 0.6 is 0 Å². The summed E-state index contributed by atoms with van der Waals surface area (Å²) < 4.78 is 1.55. The van der Waals surface area contributed by atoms with Gasteiger partial charge in [-0.05, 0) is 12.8 Å². The van der Waals surface area contributed by atoms with Crippen molar-refractivity contribution in [1.82, 2.24) is 19.9 Å². The molecule has 1 aliphatic carbocycles. The van der Waals surface area contributed by atoms with Gasteiger partial charge in [-0.2, -0.15) is 0 Å². The zero-order valence-corrected chi connectivity index (χ0v) is 11.4. The van der Waals surface area contributed by atoms with Crippen LogP contribution in [0.5, 0.6) is 0 Å². The van der Waals surface area contributed by atoms with Gasteiger partial charge in [-0.25, -0.2) is 9.48 Å². The lowest BCUT2D eigenvalue weighted by Gasteiger charge is -2.42. The number of nitrogens with zero attached hydrogens (tertiary/aromatic N) is 4. The van der Waals surface area contributed by atoms with E-state index in [0.29, 0.717) is 13.1 Å². The Morgan fingerprint density at radius 3 is 2.55 bits per heavy atom. The molecule has 1 N–H and O–H groups in total. The maximum Gasteiger partial charge on any atom is 0.358 e. The number of carboxylic acid groups (broad SMARTS) is 1. The number of aromatic nitrogens is 3. The Balaban J connectivity index is 1.60. The summed E-state index contributed by atoms with van der Waals surface area (Å²) in [6.45, 7) is 3.24. The van der Waals surface area contributed by atoms with Crippen molar-refractivity contribution in [3.05, 3.63) is 11.9 Å². The van der Waals surface area contributed by atoms with Crippen LogP contribution in [-0.4, -0.2) is 50.0 Å². The van der Waals surface area contributed by atoms with Crippen LogP contribution in [0.2, 0.25) is 0 Å². The van der Waals surface area contributed by atoms with Crippen molar-refractivity contribution in [2.75, 3.05) is 13.1 Å². The van der Waals surface area contributed by atoms with Crippen molar-refractivity contribution in [3.63, 3.8) is 0 Å². The average molecular weight is 278 g/mol. The molecule has 0 aromatic carbocycles. The molecule has 1 aromatic heterocycles. The van der Waals surface area contributed by atoms with E-state index in [1.165, 1.54) is 6.20 Å². The number of carbonyl (C=O) groups is 2. The minimum Gasteiger partial charge on any atom is -0.476 e. The van der Waals surface area contributed by atoms with Gasteiger partial charge in [-0.15, -0.1) is 5.10 Å². The minimum atomic E-state index is -1.08. The number of hydrogen-bond acceptors (Lipinski definition) is 4. The van der Waals surface area contributed by atoms with Crippen LogP contribution in [0.15, 0.2) is 6.20 Å². The van der Waals surface area contributed by atoms with Gasteiger partial charge < -0.3 is 10.0 Å². The third-order valence-electron chi connectivity index (χ3n) is 4.48. The molecule has 1 aromatic rings. The molecule has 20 heavy (non-hydrogen) atoms. The smallest absolute Gasteiger partial charge is 0.358 e. The van der Waals surface area contributed by atoms with Crippen LogP contribution in [0.1, 0.15) is 49.1 Å². The van der Waals surface area contributed by atoms with E-state index in [9.17, 15) is 9.59 Å². The van der Waals surface area contributed by atoms with E-state index in [0.717, 1.165) is 25.7 Å². The molecule has 0 spiro atoms. The fourth-order valence-electron chi connectivity index (χ4n) is 3.09. The summed E-state index contributed by atoms with van der Waals surface area (Å²) in [7, 11) is 0. The highest BCUT2D eigenvalue weighted by atomic mass is 16.4. The monoisotopic (exact) mass is 278 g/mol. The molecule has 7 heteroatoms. The van der Waals surface area contributed by atoms with Crippen molar-refractivity contribution < 1.29 is 14.7 Å². The van der Waals surface area contributed by atoms with Gasteiger partial charge in [-0.1, -0.05) is 25.0 Å². The van der Waals surface area contributed by atoms with E-state index in [1.807, 2.05) is 11.8 Å². The Morgan fingerprint density at radius 2 is 2.00 bits per heavy atom. The number of amides is 1.